The van der Waals surface area contributed by atoms with Crippen molar-refractivity contribution in [1.82, 2.24) is 0 Å². The molecule has 0 spiro atoms. The minimum Gasteiger partial charge on any atom is -0.143 e. The van der Waals surface area contributed by atoms with E-state index in [1.54, 1.807) is 0 Å². The number of benzene rings is 5. The second-order valence-corrected chi connectivity index (χ2v) is 5.73. The maximum Gasteiger partial charge on any atom is -0.0124 e. The molecular formula is C20H9-. The highest BCUT2D eigenvalue weighted by atomic mass is 14.2. The highest BCUT2D eigenvalue weighted by Crippen LogP contribution is 2.47. The summed E-state index contributed by atoms with van der Waals surface area (Å²) in [6, 6.07) is 23.5. The van der Waals surface area contributed by atoms with E-state index in [0.717, 1.165) is 0 Å². The van der Waals surface area contributed by atoms with Crippen LogP contribution in [0.2, 0.25) is 0 Å². The van der Waals surface area contributed by atoms with Crippen LogP contribution >= 0.6 is 0 Å². The van der Waals surface area contributed by atoms with Crippen molar-refractivity contribution in [3.05, 3.63) is 60.7 Å². The van der Waals surface area contributed by atoms with Gasteiger partial charge in [-0.25, -0.2) is 0 Å². The summed E-state index contributed by atoms with van der Waals surface area (Å²) in [5, 5.41) is 13.7. The summed E-state index contributed by atoms with van der Waals surface area (Å²) in [5.74, 6) is 0. The number of hydrogen-bond acceptors (Lipinski definition) is 0. The van der Waals surface area contributed by atoms with Gasteiger partial charge in [-0.1, -0.05) is 58.6 Å². The molecule has 0 aromatic heterocycles. The highest BCUT2D eigenvalue weighted by Gasteiger charge is 2.14. The average Bonchev–Trinajstić information content (AvgIpc) is 2.88. The van der Waals surface area contributed by atoms with Gasteiger partial charge in [-0.2, -0.15) is 0 Å². The molecule has 0 nitrogen and oxygen atoms in total. The second kappa shape index (κ2) is 2.78. The quantitative estimate of drug-likeness (QED) is 0.244. The lowest BCUT2D eigenvalue weighted by Gasteiger charge is -2.11. The minimum atomic E-state index is 1.24. The summed E-state index contributed by atoms with van der Waals surface area (Å²) in [6.07, 6.45) is 0. The fraction of sp³-hybridized carbons (Fsp3) is 0. The molecule has 6 aromatic rings. The van der Waals surface area contributed by atoms with Crippen molar-refractivity contribution in [2.24, 2.45) is 0 Å². The van der Waals surface area contributed by atoms with E-state index in [4.69, 9.17) is 0 Å². The van der Waals surface area contributed by atoms with Crippen LogP contribution in [0, 0.1) is 6.07 Å². The SMILES string of the molecule is [c-]1cc2ccc3ccc4ccc5ccc1c1c2c3c4c51. The Morgan fingerprint density at radius 2 is 0.900 bits per heavy atom. The molecule has 0 aliphatic rings. The van der Waals surface area contributed by atoms with E-state index in [9.17, 15) is 0 Å². The molecule has 90 valence electrons. The van der Waals surface area contributed by atoms with Gasteiger partial charge in [-0.15, -0.1) is 23.6 Å². The molecule has 0 amide bonds. The molecule has 20 heavy (non-hydrogen) atoms. The van der Waals surface area contributed by atoms with Crippen LogP contribution in [-0.4, -0.2) is 0 Å². The van der Waals surface area contributed by atoms with Crippen molar-refractivity contribution >= 4 is 53.9 Å². The zero-order valence-electron chi connectivity index (χ0n) is 10.7. The lowest BCUT2D eigenvalue weighted by atomic mass is 10.00. The molecule has 0 unspecified atom stereocenters. The van der Waals surface area contributed by atoms with E-state index in [-0.39, 0.29) is 0 Å². The normalized spacial score (nSPS) is 13.0. The zero-order chi connectivity index (χ0) is 12.8. The lowest BCUT2D eigenvalue weighted by molar-refractivity contribution is 1.86. The van der Waals surface area contributed by atoms with Crippen molar-refractivity contribution in [2.45, 2.75) is 0 Å². The summed E-state index contributed by atoms with van der Waals surface area (Å²) in [7, 11) is 0. The second-order valence-electron chi connectivity index (χ2n) is 5.73. The third-order valence-corrected chi connectivity index (χ3v) is 4.81. The molecule has 0 fully saturated rings. The molecule has 0 aliphatic heterocycles. The molecular weight excluding hydrogens is 240 g/mol. The molecule has 0 heterocycles. The van der Waals surface area contributed by atoms with Gasteiger partial charge in [0.05, 0.1) is 0 Å². The Hall–Kier alpha value is -2.60. The van der Waals surface area contributed by atoms with Gasteiger partial charge in [0.1, 0.15) is 0 Å². The summed E-state index contributed by atoms with van der Waals surface area (Å²) < 4.78 is 0. The molecule has 0 atom stereocenters. The summed E-state index contributed by atoms with van der Waals surface area (Å²) in [4.78, 5) is 0. The first kappa shape index (κ1) is 9.33. The maximum atomic E-state index is 3.45. The van der Waals surface area contributed by atoms with Crippen molar-refractivity contribution in [2.75, 3.05) is 0 Å². The first-order valence-electron chi connectivity index (χ1n) is 6.97. The van der Waals surface area contributed by atoms with Crippen LogP contribution in [0.15, 0.2) is 54.6 Å². The van der Waals surface area contributed by atoms with Crippen LogP contribution < -0.4 is 0 Å². The first-order chi connectivity index (χ1) is 9.92. The predicted molar refractivity (Wildman–Crippen MR) is 86.4 cm³/mol. The monoisotopic (exact) mass is 249 g/mol. The van der Waals surface area contributed by atoms with Crippen LogP contribution in [0.3, 0.4) is 0 Å². The van der Waals surface area contributed by atoms with Gasteiger partial charge in [0.2, 0.25) is 0 Å². The van der Waals surface area contributed by atoms with E-state index in [2.05, 4.69) is 60.7 Å². The van der Waals surface area contributed by atoms with Crippen molar-refractivity contribution in [3.63, 3.8) is 0 Å². The van der Waals surface area contributed by atoms with Gasteiger partial charge in [0.25, 0.3) is 0 Å². The third-order valence-electron chi connectivity index (χ3n) is 4.81. The average molecular weight is 249 g/mol. The number of hydrogen-bond donors (Lipinski definition) is 0. The zero-order valence-corrected chi connectivity index (χ0v) is 10.7. The fourth-order valence-corrected chi connectivity index (χ4v) is 3.99. The van der Waals surface area contributed by atoms with Crippen molar-refractivity contribution in [3.8, 4) is 0 Å². The highest BCUT2D eigenvalue weighted by molar-refractivity contribution is 6.44. The molecule has 0 radical (unpaired) electrons. The Morgan fingerprint density at radius 1 is 0.450 bits per heavy atom. The van der Waals surface area contributed by atoms with Crippen LogP contribution in [0.25, 0.3) is 53.9 Å². The van der Waals surface area contributed by atoms with Gasteiger partial charge < -0.3 is 0 Å². The number of rotatable bonds is 0. The van der Waals surface area contributed by atoms with Crippen LogP contribution in [-0.2, 0) is 0 Å². The van der Waals surface area contributed by atoms with Gasteiger partial charge >= 0.3 is 0 Å². The van der Waals surface area contributed by atoms with Crippen LogP contribution in [0.5, 0.6) is 0 Å². The Morgan fingerprint density at radius 3 is 1.55 bits per heavy atom. The molecule has 0 bridgehead atoms. The fourth-order valence-electron chi connectivity index (χ4n) is 3.99. The van der Waals surface area contributed by atoms with E-state index >= 15 is 0 Å². The van der Waals surface area contributed by atoms with Crippen LogP contribution in [0.4, 0.5) is 0 Å². The Labute approximate surface area is 115 Å². The van der Waals surface area contributed by atoms with E-state index in [0.29, 0.717) is 0 Å². The summed E-state index contributed by atoms with van der Waals surface area (Å²) in [5.41, 5.74) is 0. The predicted octanol–water partition coefficient (Wildman–Crippen LogP) is 5.57. The van der Waals surface area contributed by atoms with E-state index in [1.807, 2.05) is 0 Å². The lowest BCUT2D eigenvalue weighted by Crippen LogP contribution is -1.76. The standard InChI is InChI=1S/C20H9/c1-2-12-5-6-14-9-10-15-8-7-13-4-3-11(1)16-17(12)19(14)20(15)18(13)16/h1-9H/q-1. The topological polar surface area (TPSA) is 0 Å². The van der Waals surface area contributed by atoms with Gasteiger partial charge in [-0.3, -0.25) is 0 Å². The van der Waals surface area contributed by atoms with Crippen molar-refractivity contribution in [1.29, 1.82) is 0 Å². The summed E-state index contributed by atoms with van der Waals surface area (Å²) >= 11 is 0. The molecule has 0 aliphatic carbocycles. The molecule has 0 N–H and O–H groups in total. The maximum absolute atomic E-state index is 3.45. The molecule has 0 heteroatoms. The van der Waals surface area contributed by atoms with Gasteiger partial charge in [0.15, 0.2) is 0 Å². The van der Waals surface area contributed by atoms with Gasteiger partial charge in [-0.05, 0) is 32.3 Å². The van der Waals surface area contributed by atoms with E-state index < -0.39 is 0 Å². The van der Waals surface area contributed by atoms with E-state index in [1.165, 1.54) is 53.9 Å². The Bertz CT molecular complexity index is 925. The Kier molecular flexibility index (Phi) is 1.30. The molecule has 6 aromatic carbocycles. The third kappa shape index (κ3) is 0.820. The minimum absolute atomic E-state index is 1.24. The Balaban J connectivity index is 2.27. The molecule has 0 saturated carbocycles. The van der Waals surface area contributed by atoms with Gasteiger partial charge in [0, 0.05) is 0 Å². The summed E-state index contributed by atoms with van der Waals surface area (Å²) in [6.45, 7) is 0. The largest absolute Gasteiger partial charge is 0.143 e. The van der Waals surface area contributed by atoms with Crippen molar-refractivity contribution < 1.29 is 0 Å². The van der Waals surface area contributed by atoms with Crippen LogP contribution in [0.1, 0.15) is 0 Å². The smallest absolute Gasteiger partial charge is 0.0124 e. The first-order valence-corrected chi connectivity index (χ1v) is 6.97. The molecule has 0 saturated heterocycles. The molecule has 6 rings (SSSR count).